The first-order chi connectivity index (χ1) is 9.97. The second-order valence-corrected chi connectivity index (χ2v) is 6.51. The predicted octanol–water partition coefficient (Wildman–Crippen LogP) is 4.09. The molecule has 4 nitrogen and oxygen atoms in total. The summed E-state index contributed by atoms with van der Waals surface area (Å²) < 4.78 is 7.16. The number of carbonyl (C=O) groups is 1. The van der Waals surface area contributed by atoms with Gasteiger partial charge in [0, 0.05) is 24.2 Å². The smallest absolute Gasteiger partial charge is 0.407 e. The predicted molar refractivity (Wildman–Crippen MR) is 85.4 cm³/mol. The second-order valence-electron chi connectivity index (χ2n) is 5.59. The molecule has 1 saturated heterocycles. The number of hydrogen-bond donors (Lipinski definition) is 1. The van der Waals surface area contributed by atoms with E-state index in [9.17, 15) is 4.79 Å². The van der Waals surface area contributed by atoms with Crippen LogP contribution in [0.3, 0.4) is 0 Å². The zero-order valence-electron chi connectivity index (χ0n) is 12.5. The molecule has 0 spiro atoms. The molecule has 1 N–H and O–H groups in total. The van der Waals surface area contributed by atoms with E-state index in [0.29, 0.717) is 25.6 Å². The summed E-state index contributed by atoms with van der Waals surface area (Å²) in [4.78, 5) is 12.5. The minimum absolute atomic E-state index is 0.328. The minimum Gasteiger partial charge on any atom is -0.465 e. The zero-order chi connectivity index (χ0) is 15.5. The number of ether oxygens (including phenoxy) is 1. The normalized spacial score (nSPS) is 19.3. The van der Waals surface area contributed by atoms with Crippen molar-refractivity contribution in [2.24, 2.45) is 5.92 Å². The third-order valence-corrected chi connectivity index (χ3v) is 4.93. The van der Waals surface area contributed by atoms with Gasteiger partial charge in [-0.15, -0.1) is 0 Å². The largest absolute Gasteiger partial charge is 0.465 e. The molecule has 116 valence electrons. The molecule has 1 aromatic rings. The van der Waals surface area contributed by atoms with Crippen LogP contribution in [0.25, 0.3) is 0 Å². The van der Waals surface area contributed by atoms with Crippen molar-refractivity contribution in [1.29, 1.82) is 0 Å². The second kappa shape index (κ2) is 6.79. The van der Waals surface area contributed by atoms with Crippen LogP contribution in [0.2, 0.25) is 0 Å². The van der Waals surface area contributed by atoms with Gasteiger partial charge in [-0.2, -0.15) is 0 Å². The fourth-order valence-electron chi connectivity index (χ4n) is 3.14. The molecule has 0 radical (unpaired) electrons. The van der Waals surface area contributed by atoms with Crippen LogP contribution in [0.4, 0.5) is 4.79 Å². The summed E-state index contributed by atoms with van der Waals surface area (Å²) in [6, 6.07) is 8.23. The number of halogens is 1. The Balaban J connectivity index is 2.18. The highest BCUT2D eigenvalue weighted by atomic mass is 79.9. The van der Waals surface area contributed by atoms with Crippen molar-refractivity contribution < 1.29 is 14.6 Å². The topological polar surface area (TPSA) is 49.8 Å². The van der Waals surface area contributed by atoms with Crippen LogP contribution < -0.4 is 0 Å². The van der Waals surface area contributed by atoms with Gasteiger partial charge in [-0.1, -0.05) is 28.1 Å². The summed E-state index contributed by atoms with van der Waals surface area (Å²) in [7, 11) is 0. The Bertz CT molecular complexity index is 483. The summed E-state index contributed by atoms with van der Waals surface area (Å²) in [5.74, 6) is 0.328. The maximum absolute atomic E-state index is 11.0. The third kappa shape index (κ3) is 3.58. The molecule has 2 rings (SSSR count). The van der Waals surface area contributed by atoms with E-state index in [1.165, 1.54) is 4.90 Å². The first-order valence-corrected chi connectivity index (χ1v) is 8.14. The lowest BCUT2D eigenvalue weighted by Gasteiger charge is -2.42. The minimum atomic E-state index is -0.824. The number of benzene rings is 1. The Morgan fingerprint density at radius 2 is 1.95 bits per heavy atom. The SMILES string of the molecule is CCOC(C)(c1ccc(Br)cc1)C1CCN(C(=O)O)CC1. The molecular weight excluding hydrogens is 334 g/mol. The molecule has 0 bridgehead atoms. The van der Waals surface area contributed by atoms with E-state index in [1.807, 2.05) is 19.1 Å². The maximum atomic E-state index is 11.0. The highest BCUT2D eigenvalue weighted by Gasteiger charge is 2.39. The van der Waals surface area contributed by atoms with Crippen LogP contribution in [0.15, 0.2) is 28.7 Å². The molecule has 1 aliphatic heterocycles. The number of amides is 1. The molecule has 1 amide bonds. The fourth-order valence-corrected chi connectivity index (χ4v) is 3.40. The summed E-state index contributed by atoms with van der Waals surface area (Å²) in [6.07, 6.45) is 0.841. The number of nitrogens with zero attached hydrogens (tertiary/aromatic N) is 1. The molecule has 0 aromatic heterocycles. The van der Waals surface area contributed by atoms with Gasteiger partial charge in [0.2, 0.25) is 0 Å². The fraction of sp³-hybridized carbons (Fsp3) is 0.562. The van der Waals surface area contributed by atoms with E-state index in [4.69, 9.17) is 9.84 Å². The van der Waals surface area contributed by atoms with Gasteiger partial charge in [0.05, 0.1) is 5.60 Å². The molecule has 0 saturated carbocycles. The number of likely N-dealkylation sites (tertiary alicyclic amines) is 1. The van der Waals surface area contributed by atoms with E-state index in [1.54, 1.807) is 0 Å². The van der Waals surface area contributed by atoms with Crippen LogP contribution in [-0.2, 0) is 10.3 Å². The van der Waals surface area contributed by atoms with Crippen LogP contribution in [0.5, 0.6) is 0 Å². The maximum Gasteiger partial charge on any atom is 0.407 e. The standard InChI is InChI=1S/C16H22BrNO3/c1-3-21-16(2,12-4-6-14(17)7-5-12)13-8-10-18(11-9-13)15(19)20/h4-7,13H,3,8-11H2,1-2H3,(H,19,20). The molecule has 1 heterocycles. The van der Waals surface area contributed by atoms with Gasteiger partial charge in [-0.25, -0.2) is 4.79 Å². The Morgan fingerprint density at radius 3 is 2.43 bits per heavy atom. The van der Waals surface area contributed by atoms with Crippen molar-refractivity contribution in [3.05, 3.63) is 34.3 Å². The van der Waals surface area contributed by atoms with Gasteiger partial charge in [0.1, 0.15) is 0 Å². The Hall–Kier alpha value is -1.07. The average molecular weight is 356 g/mol. The summed E-state index contributed by atoms with van der Waals surface area (Å²) >= 11 is 3.46. The lowest BCUT2D eigenvalue weighted by atomic mass is 9.77. The molecule has 21 heavy (non-hydrogen) atoms. The quantitative estimate of drug-likeness (QED) is 0.884. The molecule has 1 aromatic carbocycles. The van der Waals surface area contributed by atoms with Gasteiger partial charge >= 0.3 is 6.09 Å². The average Bonchev–Trinajstić information content (AvgIpc) is 2.48. The summed E-state index contributed by atoms with van der Waals surface area (Å²) in [5, 5.41) is 9.07. The summed E-state index contributed by atoms with van der Waals surface area (Å²) in [6.45, 7) is 5.94. The van der Waals surface area contributed by atoms with E-state index < -0.39 is 6.09 Å². The Labute approximate surface area is 134 Å². The van der Waals surface area contributed by atoms with Crippen molar-refractivity contribution in [1.82, 2.24) is 4.90 Å². The van der Waals surface area contributed by atoms with Gasteiger partial charge in [-0.05, 0) is 50.3 Å². The highest BCUT2D eigenvalue weighted by Crippen LogP contribution is 2.39. The van der Waals surface area contributed by atoms with Crippen LogP contribution >= 0.6 is 15.9 Å². The van der Waals surface area contributed by atoms with E-state index >= 15 is 0 Å². The third-order valence-electron chi connectivity index (χ3n) is 4.41. The molecule has 1 unspecified atom stereocenters. The highest BCUT2D eigenvalue weighted by molar-refractivity contribution is 9.10. The van der Waals surface area contributed by atoms with Crippen molar-refractivity contribution >= 4 is 22.0 Å². The molecular formula is C16H22BrNO3. The number of hydrogen-bond acceptors (Lipinski definition) is 2. The van der Waals surface area contributed by atoms with Crippen molar-refractivity contribution in [3.8, 4) is 0 Å². The number of carboxylic acid groups (broad SMARTS) is 1. The monoisotopic (exact) mass is 355 g/mol. The van der Waals surface area contributed by atoms with Gasteiger partial charge < -0.3 is 14.7 Å². The summed E-state index contributed by atoms with van der Waals surface area (Å²) in [5.41, 5.74) is 0.793. The van der Waals surface area contributed by atoms with E-state index in [2.05, 4.69) is 35.0 Å². The van der Waals surface area contributed by atoms with Gasteiger partial charge in [-0.3, -0.25) is 0 Å². The first kappa shape index (κ1) is 16.3. The van der Waals surface area contributed by atoms with E-state index in [-0.39, 0.29) is 5.60 Å². The van der Waals surface area contributed by atoms with Gasteiger partial charge in [0.25, 0.3) is 0 Å². The number of piperidine rings is 1. The van der Waals surface area contributed by atoms with Crippen molar-refractivity contribution in [2.45, 2.75) is 32.3 Å². The van der Waals surface area contributed by atoms with Crippen LogP contribution in [-0.4, -0.2) is 35.8 Å². The Kier molecular flexibility index (Phi) is 5.27. The van der Waals surface area contributed by atoms with E-state index in [0.717, 1.165) is 22.9 Å². The molecule has 0 aliphatic carbocycles. The van der Waals surface area contributed by atoms with Crippen LogP contribution in [0, 0.1) is 5.92 Å². The molecule has 1 atom stereocenters. The Morgan fingerprint density at radius 1 is 1.38 bits per heavy atom. The molecule has 1 fully saturated rings. The zero-order valence-corrected chi connectivity index (χ0v) is 14.1. The lowest BCUT2D eigenvalue weighted by Crippen LogP contribution is -2.45. The van der Waals surface area contributed by atoms with Crippen molar-refractivity contribution in [2.75, 3.05) is 19.7 Å². The lowest BCUT2D eigenvalue weighted by molar-refractivity contribution is -0.0890. The first-order valence-electron chi connectivity index (χ1n) is 7.35. The molecule has 1 aliphatic rings. The van der Waals surface area contributed by atoms with Crippen LogP contribution in [0.1, 0.15) is 32.3 Å². The number of rotatable bonds is 4. The molecule has 5 heteroatoms. The van der Waals surface area contributed by atoms with Gasteiger partial charge in [0.15, 0.2) is 0 Å². The van der Waals surface area contributed by atoms with Crippen molar-refractivity contribution in [3.63, 3.8) is 0 Å².